The first-order chi connectivity index (χ1) is 5.14. The maximum absolute atomic E-state index is 11.3. The van der Waals surface area contributed by atoms with Crippen LogP contribution in [0.15, 0.2) is 0 Å². The van der Waals surface area contributed by atoms with E-state index in [2.05, 4.69) is 4.37 Å². The second-order valence-corrected chi connectivity index (χ2v) is 3.39. The summed E-state index contributed by atoms with van der Waals surface area (Å²) >= 11 is 0. The Kier molecular flexibility index (Phi) is 1.35. The predicted molar refractivity (Wildman–Crippen MR) is 39.3 cm³/mol. The van der Waals surface area contributed by atoms with Crippen molar-refractivity contribution in [3.8, 4) is 0 Å². The van der Waals surface area contributed by atoms with Crippen molar-refractivity contribution in [2.75, 3.05) is 19.8 Å². The Morgan fingerprint density at radius 2 is 2.45 bits per heavy atom. The summed E-state index contributed by atoms with van der Waals surface area (Å²) in [5, 5.41) is 0. The van der Waals surface area contributed by atoms with Gasteiger partial charge in [-0.25, -0.2) is 0 Å². The largest absolute Gasteiger partial charge is 0.388 e. The Labute approximate surface area is 66.0 Å². The average Bonchev–Trinajstić information content (AvgIpc) is 2.39. The number of ketones is 1. The molecule has 62 valence electrons. The van der Waals surface area contributed by atoms with Gasteiger partial charge < -0.3 is 9.10 Å². The number of carbonyl (C=O) groups is 1. The van der Waals surface area contributed by atoms with Crippen LogP contribution in [0.5, 0.6) is 0 Å². The lowest BCUT2D eigenvalue weighted by Crippen LogP contribution is -2.35. The summed E-state index contributed by atoms with van der Waals surface area (Å²) in [6.07, 6.45) is 0. The van der Waals surface area contributed by atoms with E-state index in [1.54, 1.807) is 0 Å². The van der Waals surface area contributed by atoms with Gasteiger partial charge >= 0.3 is 0 Å². The normalized spacial score (nSPS) is 44.9. The Morgan fingerprint density at radius 1 is 1.73 bits per heavy atom. The van der Waals surface area contributed by atoms with Gasteiger partial charge in [0.25, 0.3) is 5.79 Å². The highest BCUT2D eigenvalue weighted by molar-refractivity contribution is 5.85. The Bertz CT molecular complexity index is 202. The van der Waals surface area contributed by atoms with E-state index in [-0.39, 0.29) is 17.5 Å². The van der Waals surface area contributed by atoms with E-state index in [9.17, 15) is 4.79 Å². The smallest absolute Gasteiger partial charge is 0.283 e. The highest BCUT2D eigenvalue weighted by Crippen LogP contribution is 2.40. The molecule has 0 aromatic heterocycles. The standard InChI is InChI=1S/C8H13O3/c1-6-7(9)5-11-4-3-10-8(6,11)2/h6H,3-5H2,1-2H3/q+1. The zero-order valence-electron chi connectivity index (χ0n) is 6.92. The van der Waals surface area contributed by atoms with Crippen LogP contribution in [0, 0.1) is 5.92 Å². The first kappa shape index (κ1) is 7.25. The van der Waals surface area contributed by atoms with Gasteiger partial charge in [-0.1, -0.05) is 0 Å². The van der Waals surface area contributed by atoms with E-state index in [1.807, 2.05) is 13.8 Å². The fraction of sp³-hybridized carbons (Fsp3) is 0.875. The second-order valence-electron chi connectivity index (χ2n) is 3.39. The maximum atomic E-state index is 11.3. The van der Waals surface area contributed by atoms with Gasteiger partial charge in [0, 0.05) is 6.92 Å². The molecule has 2 aliphatic heterocycles. The molecule has 0 aromatic carbocycles. The van der Waals surface area contributed by atoms with Crippen molar-refractivity contribution in [2.45, 2.75) is 19.6 Å². The number of hydrogen-bond donors (Lipinski definition) is 0. The number of carbonyl (C=O) groups excluding carboxylic acids is 1. The van der Waals surface area contributed by atoms with Gasteiger partial charge in [0.05, 0.1) is 0 Å². The minimum Gasteiger partial charge on any atom is -0.388 e. The van der Waals surface area contributed by atoms with Crippen LogP contribution in [-0.4, -0.2) is 31.4 Å². The monoisotopic (exact) mass is 157 g/mol. The fourth-order valence-corrected chi connectivity index (χ4v) is 1.81. The number of rotatable bonds is 0. The van der Waals surface area contributed by atoms with Gasteiger partial charge in [-0.05, 0) is 6.92 Å². The van der Waals surface area contributed by atoms with Gasteiger partial charge in [0.15, 0.2) is 6.61 Å². The highest BCUT2D eigenvalue weighted by Gasteiger charge is 2.58. The van der Waals surface area contributed by atoms with Crippen LogP contribution in [0.25, 0.3) is 0 Å². The van der Waals surface area contributed by atoms with Crippen LogP contribution < -0.4 is 0 Å². The Morgan fingerprint density at radius 3 is 3.09 bits per heavy atom. The van der Waals surface area contributed by atoms with Gasteiger partial charge in [0.1, 0.15) is 12.5 Å². The zero-order chi connectivity index (χ0) is 8.06. The van der Waals surface area contributed by atoms with E-state index in [0.717, 1.165) is 13.2 Å². The minimum absolute atomic E-state index is 0.00926. The maximum Gasteiger partial charge on any atom is 0.283 e. The third-order valence-electron chi connectivity index (χ3n) is 2.88. The molecule has 2 rings (SSSR count). The van der Waals surface area contributed by atoms with Crippen LogP contribution >= 0.6 is 0 Å². The Hall–Kier alpha value is -0.410. The molecule has 0 N–H and O–H groups in total. The summed E-state index contributed by atoms with van der Waals surface area (Å²) < 4.78 is 8.45. The lowest BCUT2D eigenvalue weighted by molar-refractivity contribution is -0.270. The van der Waals surface area contributed by atoms with Gasteiger partial charge in [-0.15, -0.1) is 0 Å². The van der Waals surface area contributed by atoms with Crippen molar-refractivity contribution in [3.05, 3.63) is 0 Å². The molecule has 0 spiro atoms. The van der Waals surface area contributed by atoms with E-state index >= 15 is 0 Å². The highest BCUT2D eigenvalue weighted by atomic mass is 16.9. The summed E-state index contributed by atoms with van der Waals surface area (Å²) in [4.78, 5) is 11.3. The van der Waals surface area contributed by atoms with Crippen LogP contribution in [0.4, 0.5) is 0 Å². The van der Waals surface area contributed by atoms with Crippen molar-refractivity contribution in [2.24, 2.45) is 5.92 Å². The lowest BCUT2D eigenvalue weighted by atomic mass is 10.0. The third-order valence-corrected chi connectivity index (χ3v) is 2.88. The van der Waals surface area contributed by atoms with Crippen molar-refractivity contribution >= 4 is 5.78 Å². The van der Waals surface area contributed by atoms with Gasteiger partial charge in [0.2, 0.25) is 12.4 Å². The van der Waals surface area contributed by atoms with E-state index in [4.69, 9.17) is 4.74 Å². The van der Waals surface area contributed by atoms with Crippen molar-refractivity contribution in [1.82, 2.24) is 0 Å². The fourth-order valence-electron chi connectivity index (χ4n) is 1.81. The predicted octanol–water partition coefficient (Wildman–Crippen LogP) is 0.504. The number of fused-ring (bicyclic) bond motifs is 1. The summed E-state index contributed by atoms with van der Waals surface area (Å²) in [5.74, 6) is -0.0796. The molecular formula is C8H13O3+. The molecule has 0 radical (unpaired) electrons. The number of ether oxygens (including phenoxy) is 1. The second kappa shape index (κ2) is 2.05. The summed E-state index contributed by atoms with van der Waals surface area (Å²) in [7, 11) is 0. The summed E-state index contributed by atoms with van der Waals surface area (Å²) in [5.41, 5.74) is 0. The molecule has 2 atom stereocenters. The summed E-state index contributed by atoms with van der Waals surface area (Å²) in [6, 6.07) is 0. The molecule has 0 amide bonds. The SMILES string of the molecule is CC1C(=O)C[O+]2CCOC12C. The molecule has 2 aliphatic rings. The molecule has 2 fully saturated rings. The minimum atomic E-state index is -0.364. The van der Waals surface area contributed by atoms with Crippen LogP contribution in [0.1, 0.15) is 13.8 Å². The lowest BCUT2D eigenvalue weighted by Gasteiger charge is -2.22. The Balaban J connectivity index is 2.30. The molecule has 0 aromatic rings. The average molecular weight is 157 g/mol. The van der Waals surface area contributed by atoms with Crippen LogP contribution in [-0.2, 0) is 13.9 Å². The quantitative estimate of drug-likeness (QED) is 0.479. The molecule has 3 nitrogen and oxygen atoms in total. The third kappa shape index (κ3) is 0.781. The van der Waals surface area contributed by atoms with E-state index in [1.165, 1.54) is 0 Å². The molecule has 2 heterocycles. The molecule has 0 bridgehead atoms. The van der Waals surface area contributed by atoms with Gasteiger partial charge in [-0.2, -0.15) is 0 Å². The first-order valence-electron chi connectivity index (χ1n) is 3.99. The molecule has 0 saturated carbocycles. The van der Waals surface area contributed by atoms with E-state index < -0.39 is 0 Å². The first-order valence-corrected chi connectivity index (χ1v) is 3.99. The summed E-state index contributed by atoms with van der Waals surface area (Å²) in [6.45, 7) is 5.96. The molecule has 3 heteroatoms. The van der Waals surface area contributed by atoms with Crippen molar-refractivity contribution in [1.29, 1.82) is 0 Å². The molecule has 11 heavy (non-hydrogen) atoms. The van der Waals surface area contributed by atoms with Gasteiger partial charge in [-0.3, -0.25) is 4.79 Å². The van der Waals surface area contributed by atoms with E-state index in [0.29, 0.717) is 6.61 Å². The van der Waals surface area contributed by atoms with Crippen molar-refractivity contribution in [3.63, 3.8) is 0 Å². The molecule has 2 unspecified atom stereocenters. The van der Waals surface area contributed by atoms with Crippen molar-refractivity contribution < 1.29 is 13.9 Å². The van der Waals surface area contributed by atoms with Crippen LogP contribution in [0.2, 0.25) is 0 Å². The zero-order valence-corrected chi connectivity index (χ0v) is 6.92. The topological polar surface area (TPSA) is 29.0 Å². The number of Topliss-reactive ketones (excluding diaryl/α,β-unsaturated/α-hetero) is 1. The molecular weight excluding hydrogens is 144 g/mol. The molecule has 2 saturated heterocycles. The molecule has 0 aliphatic carbocycles. The number of hydrogen-bond acceptors (Lipinski definition) is 2. The van der Waals surface area contributed by atoms with Crippen LogP contribution in [0.3, 0.4) is 0 Å².